The molecule has 1 N–H and O–H groups in total. The molecular weight excluding hydrogens is 228 g/mol. The standard InChI is InChI=1S/C11H13ClN2O2/c1-7-5-4-6-8(9(7)12)13-10(15)11(16)14(2)3/h4-6H,1-3H3,(H,13,15). The highest BCUT2D eigenvalue weighted by atomic mass is 35.5. The first-order chi connectivity index (χ1) is 7.43. The first-order valence-electron chi connectivity index (χ1n) is 4.71. The molecule has 2 amide bonds. The third-order valence-corrected chi connectivity index (χ3v) is 2.54. The average molecular weight is 241 g/mol. The van der Waals surface area contributed by atoms with Crippen LogP contribution in [0.5, 0.6) is 0 Å². The molecule has 86 valence electrons. The number of amides is 2. The Morgan fingerprint density at radius 1 is 1.31 bits per heavy atom. The lowest BCUT2D eigenvalue weighted by Crippen LogP contribution is -2.34. The second-order valence-corrected chi connectivity index (χ2v) is 3.97. The molecule has 0 saturated heterocycles. The molecule has 1 aromatic carbocycles. The van der Waals surface area contributed by atoms with Crippen LogP contribution in [0.1, 0.15) is 5.56 Å². The summed E-state index contributed by atoms with van der Waals surface area (Å²) in [6.07, 6.45) is 0. The number of halogens is 1. The fraction of sp³-hybridized carbons (Fsp3) is 0.273. The molecule has 0 bridgehead atoms. The Labute approximate surface area is 99.2 Å². The van der Waals surface area contributed by atoms with E-state index in [1.165, 1.54) is 19.0 Å². The smallest absolute Gasteiger partial charge is 0.313 e. The molecule has 1 rings (SSSR count). The van der Waals surface area contributed by atoms with Gasteiger partial charge in [-0.05, 0) is 18.6 Å². The maximum atomic E-state index is 11.5. The summed E-state index contributed by atoms with van der Waals surface area (Å²) in [5.74, 6) is -1.31. The lowest BCUT2D eigenvalue weighted by Gasteiger charge is -2.11. The highest BCUT2D eigenvalue weighted by Crippen LogP contribution is 2.24. The van der Waals surface area contributed by atoms with E-state index in [9.17, 15) is 9.59 Å². The van der Waals surface area contributed by atoms with E-state index in [0.29, 0.717) is 10.7 Å². The highest BCUT2D eigenvalue weighted by Gasteiger charge is 2.16. The molecule has 1 aromatic rings. The van der Waals surface area contributed by atoms with Gasteiger partial charge in [-0.2, -0.15) is 0 Å². The molecule has 0 aliphatic rings. The molecule has 16 heavy (non-hydrogen) atoms. The Hall–Kier alpha value is -1.55. The summed E-state index contributed by atoms with van der Waals surface area (Å²) in [6.45, 7) is 1.83. The molecule has 0 aliphatic heterocycles. The van der Waals surface area contributed by atoms with Crippen LogP contribution >= 0.6 is 11.6 Å². The van der Waals surface area contributed by atoms with E-state index in [-0.39, 0.29) is 0 Å². The van der Waals surface area contributed by atoms with Gasteiger partial charge in [0.15, 0.2) is 0 Å². The van der Waals surface area contributed by atoms with Gasteiger partial charge in [-0.1, -0.05) is 23.7 Å². The molecular formula is C11H13ClN2O2. The van der Waals surface area contributed by atoms with Gasteiger partial charge in [-0.25, -0.2) is 0 Å². The molecule has 0 aromatic heterocycles. The van der Waals surface area contributed by atoms with Gasteiger partial charge in [0.25, 0.3) is 0 Å². The largest absolute Gasteiger partial charge is 0.341 e. The Morgan fingerprint density at radius 3 is 2.50 bits per heavy atom. The van der Waals surface area contributed by atoms with E-state index >= 15 is 0 Å². The van der Waals surface area contributed by atoms with E-state index in [4.69, 9.17) is 11.6 Å². The fourth-order valence-corrected chi connectivity index (χ4v) is 1.30. The third-order valence-electron chi connectivity index (χ3n) is 2.04. The first-order valence-corrected chi connectivity index (χ1v) is 5.09. The van der Waals surface area contributed by atoms with Gasteiger partial charge in [-0.3, -0.25) is 9.59 Å². The van der Waals surface area contributed by atoms with Gasteiger partial charge in [0, 0.05) is 14.1 Å². The second kappa shape index (κ2) is 4.99. The SMILES string of the molecule is Cc1cccc(NC(=O)C(=O)N(C)C)c1Cl. The summed E-state index contributed by atoms with van der Waals surface area (Å²) in [6, 6.07) is 5.24. The Bertz CT molecular complexity index is 430. The monoisotopic (exact) mass is 240 g/mol. The van der Waals surface area contributed by atoms with Gasteiger partial charge in [0.2, 0.25) is 0 Å². The first kappa shape index (κ1) is 12.5. The summed E-state index contributed by atoms with van der Waals surface area (Å²) < 4.78 is 0. The van der Waals surface area contributed by atoms with Gasteiger partial charge in [0.05, 0.1) is 10.7 Å². The predicted molar refractivity (Wildman–Crippen MR) is 63.5 cm³/mol. The summed E-state index contributed by atoms with van der Waals surface area (Å²) in [5.41, 5.74) is 1.29. The van der Waals surface area contributed by atoms with Crippen molar-refractivity contribution >= 4 is 29.1 Å². The number of anilines is 1. The average Bonchev–Trinajstić information content (AvgIpc) is 2.23. The van der Waals surface area contributed by atoms with Gasteiger partial charge in [-0.15, -0.1) is 0 Å². The van der Waals surface area contributed by atoms with Crippen molar-refractivity contribution in [2.45, 2.75) is 6.92 Å². The number of hydrogen-bond acceptors (Lipinski definition) is 2. The zero-order valence-corrected chi connectivity index (χ0v) is 10.1. The summed E-state index contributed by atoms with van der Waals surface area (Å²) >= 11 is 5.98. The minimum atomic E-state index is -0.697. The van der Waals surface area contributed by atoms with Crippen molar-refractivity contribution in [3.63, 3.8) is 0 Å². The van der Waals surface area contributed by atoms with E-state index in [1.807, 2.05) is 13.0 Å². The Kier molecular flexibility index (Phi) is 3.90. The fourth-order valence-electron chi connectivity index (χ4n) is 1.12. The second-order valence-electron chi connectivity index (χ2n) is 3.59. The van der Waals surface area contributed by atoms with Gasteiger partial charge in [0.1, 0.15) is 0 Å². The van der Waals surface area contributed by atoms with E-state index in [2.05, 4.69) is 5.32 Å². The maximum Gasteiger partial charge on any atom is 0.313 e. The van der Waals surface area contributed by atoms with Crippen LogP contribution in [0.25, 0.3) is 0 Å². The zero-order valence-electron chi connectivity index (χ0n) is 9.37. The summed E-state index contributed by atoms with van der Waals surface area (Å²) in [7, 11) is 3.03. The molecule has 4 nitrogen and oxygen atoms in total. The minimum Gasteiger partial charge on any atom is -0.341 e. The van der Waals surface area contributed by atoms with Crippen molar-refractivity contribution in [2.75, 3.05) is 19.4 Å². The molecule has 5 heteroatoms. The normalized spacial score (nSPS) is 9.75. The van der Waals surface area contributed by atoms with Crippen molar-refractivity contribution < 1.29 is 9.59 Å². The predicted octanol–water partition coefficient (Wildman–Crippen LogP) is 1.68. The van der Waals surface area contributed by atoms with Crippen LogP contribution in [-0.2, 0) is 9.59 Å². The van der Waals surface area contributed by atoms with Crippen LogP contribution in [0.4, 0.5) is 5.69 Å². The lowest BCUT2D eigenvalue weighted by molar-refractivity contribution is -0.141. The molecule has 0 unspecified atom stereocenters. The molecule has 0 atom stereocenters. The van der Waals surface area contributed by atoms with E-state index in [1.54, 1.807) is 12.1 Å². The number of hydrogen-bond donors (Lipinski definition) is 1. The van der Waals surface area contributed by atoms with Crippen molar-refractivity contribution in [3.05, 3.63) is 28.8 Å². The van der Waals surface area contributed by atoms with E-state index < -0.39 is 11.8 Å². The Balaban J connectivity index is 2.86. The van der Waals surface area contributed by atoms with Gasteiger partial charge >= 0.3 is 11.8 Å². The molecule has 0 heterocycles. The number of benzene rings is 1. The number of nitrogens with zero attached hydrogens (tertiary/aromatic N) is 1. The zero-order chi connectivity index (χ0) is 12.3. The number of carbonyl (C=O) groups is 2. The number of nitrogens with one attached hydrogen (secondary N) is 1. The van der Waals surface area contributed by atoms with Crippen molar-refractivity contribution in [1.82, 2.24) is 4.90 Å². The quantitative estimate of drug-likeness (QED) is 0.760. The number of likely N-dealkylation sites (N-methyl/N-ethyl adjacent to an activating group) is 1. The van der Waals surface area contributed by atoms with Crippen LogP contribution in [0, 0.1) is 6.92 Å². The molecule has 0 aliphatic carbocycles. The molecule has 0 radical (unpaired) electrons. The third kappa shape index (κ3) is 2.73. The number of carbonyl (C=O) groups excluding carboxylic acids is 2. The van der Waals surface area contributed by atoms with Crippen LogP contribution in [0.3, 0.4) is 0 Å². The van der Waals surface area contributed by atoms with E-state index in [0.717, 1.165) is 5.56 Å². The van der Waals surface area contributed by atoms with Crippen LogP contribution in [0.2, 0.25) is 5.02 Å². The van der Waals surface area contributed by atoms with Crippen LogP contribution in [0.15, 0.2) is 18.2 Å². The molecule has 0 saturated carbocycles. The van der Waals surface area contributed by atoms with Crippen LogP contribution < -0.4 is 5.32 Å². The summed E-state index contributed by atoms with van der Waals surface area (Å²) in [4.78, 5) is 24.0. The van der Waals surface area contributed by atoms with Crippen LogP contribution in [-0.4, -0.2) is 30.8 Å². The molecule has 0 spiro atoms. The summed E-state index contributed by atoms with van der Waals surface area (Å²) in [5, 5.41) is 2.92. The maximum absolute atomic E-state index is 11.5. The van der Waals surface area contributed by atoms with Crippen molar-refractivity contribution in [1.29, 1.82) is 0 Å². The number of rotatable bonds is 1. The minimum absolute atomic E-state index is 0.446. The Morgan fingerprint density at radius 2 is 1.94 bits per heavy atom. The number of aryl methyl sites for hydroxylation is 1. The topological polar surface area (TPSA) is 49.4 Å². The highest BCUT2D eigenvalue weighted by molar-refractivity contribution is 6.41. The van der Waals surface area contributed by atoms with Gasteiger partial charge < -0.3 is 10.2 Å². The lowest BCUT2D eigenvalue weighted by atomic mass is 10.2. The molecule has 0 fully saturated rings. The van der Waals surface area contributed by atoms with Crippen molar-refractivity contribution in [3.8, 4) is 0 Å². The van der Waals surface area contributed by atoms with Crippen molar-refractivity contribution in [2.24, 2.45) is 0 Å².